The number of nitrogens with one attached hydrogen (secondary N) is 1. The number of ether oxygens (including phenoxy) is 1. The zero-order valence-electron chi connectivity index (χ0n) is 17.7. The number of likely N-dealkylation sites (tertiary alicyclic amines) is 1. The van der Waals surface area contributed by atoms with Gasteiger partial charge >= 0.3 is 0 Å². The van der Waals surface area contributed by atoms with Crippen molar-refractivity contribution in [3.05, 3.63) is 47.5 Å². The standard InChI is InChI=1S/C23H28FN3O2.ClH/c1-4-15-14-25-21(20-8-9-23(26-20)10-11-27(3)22(23)28)13-17(15)18-12-16(29-5-2)6-7-19(18)24;/h6-7,12-14,20,26H,4-5,8-11H2,1-3H3;1H/t20-,23+;/m0./s1. The van der Waals surface area contributed by atoms with E-state index in [-0.39, 0.29) is 30.2 Å². The van der Waals surface area contributed by atoms with E-state index in [2.05, 4.69) is 10.3 Å². The largest absolute Gasteiger partial charge is 0.494 e. The van der Waals surface area contributed by atoms with E-state index in [1.807, 2.05) is 33.2 Å². The van der Waals surface area contributed by atoms with E-state index in [4.69, 9.17) is 4.74 Å². The number of aromatic nitrogens is 1. The number of carbonyl (C=O) groups is 1. The van der Waals surface area contributed by atoms with Gasteiger partial charge in [0.1, 0.15) is 17.1 Å². The maximum absolute atomic E-state index is 14.7. The SMILES string of the molecule is CCOc1ccc(F)c(-c2cc([C@@H]3CC[C@]4(CCN(C)C4=O)N3)ncc2CC)c1.Cl. The molecule has 1 spiro atoms. The number of nitrogens with zero attached hydrogens (tertiary/aromatic N) is 2. The zero-order chi connectivity index (χ0) is 20.6. The number of hydrogen-bond acceptors (Lipinski definition) is 4. The van der Waals surface area contributed by atoms with Crippen LogP contribution in [0.25, 0.3) is 11.1 Å². The Balaban J connectivity index is 0.00000256. The molecule has 2 saturated heterocycles. The third-order valence-electron chi connectivity index (χ3n) is 6.22. The lowest BCUT2D eigenvalue weighted by atomic mass is 9.95. The highest BCUT2D eigenvalue weighted by Crippen LogP contribution is 2.40. The number of rotatable bonds is 5. The van der Waals surface area contributed by atoms with Crippen molar-refractivity contribution < 1.29 is 13.9 Å². The summed E-state index contributed by atoms with van der Waals surface area (Å²) in [4.78, 5) is 19.1. The van der Waals surface area contributed by atoms with Gasteiger partial charge in [-0.15, -0.1) is 12.4 Å². The summed E-state index contributed by atoms with van der Waals surface area (Å²) < 4.78 is 20.3. The quantitative estimate of drug-likeness (QED) is 0.764. The molecular formula is C23H29ClFN3O2. The van der Waals surface area contributed by atoms with Crippen molar-refractivity contribution in [2.24, 2.45) is 0 Å². The van der Waals surface area contributed by atoms with Crippen LogP contribution in [0.15, 0.2) is 30.5 Å². The van der Waals surface area contributed by atoms with Crippen molar-refractivity contribution in [2.75, 3.05) is 20.2 Å². The Labute approximate surface area is 183 Å². The molecule has 3 heterocycles. The summed E-state index contributed by atoms with van der Waals surface area (Å²) in [6.07, 6.45) is 5.07. The van der Waals surface area contributed by atoms with Gasteiger partial charge in [0.25, 0.3) is 0 Å². The molecule has 5 nitrogen and oxygen atoms in total. The lowest BCUT2D eigenvalue weighted by molar-refractivity contribution is -0.131. The molecule has 1 amide bonds. The molecule has 2 aliphatic rings. The summed E-state index contributed by atoms with van der Waals surface area (Å²) in [6, 6.07) is 6.84. The van der Waals surface area contributed by atoms with Crippen molar-refractivity contribution in [1.29, 1.82) is 0 Å². The number of pyridine rings is 1. The fourth-order valence-corrected chi connectivity index (χ4v) is 4.58. The molecule has 1 aromatic carbocycles. The number of amides is 1. The van der Waals surface area contributed by atoms with Crippen LogP contribution in [0, 0.1) is 5.82 Å². The van der Waals surface area contributed by atoms with E-state index in [1.54, 1.807) is 17.0 Å². The van der Waals surface area contributed by atoms with Crippen LogP contribution in [0.2, 0.25) is 0 Å². The molecule has 1 N–H and O–H groups in total. The number of hydrogen-bond donors (Lipinski definition) is 1. The minimum Gasteiger partial charge on any atom is -0.494 e. The molecule has 0 radical (unpaired) electrons. The number of aryl methyl sites for hydroxylation is 1. The van der Waals surface area contributed by atoms with Gasteiger partial charge in [0, 0.05) is 25.4 Å². The lowest BCUT2D eigenvalue weighted by Gasteiger charge is -2.23. The van der Waals surface area contributed by atoms with Crippen molar-refractivity contribution in [1.82, 2.24) is 15.2 Å². The van der Waals surface area contributed by atoms with E-state index in [0.717, 1.165) is 49.0 Å². The fraction of sp³-hybridized carbons (Fsp3) is 0.478. The van der Waals surface area contributed by atoms with E-state index in [1.165, 1.54) is 6.07 Å². The summed E-state index contributed by atoms with van der Waals surface area (Å²) in [5.74, 6) is 0.548. The Bertz CT molecular complexity index is 939. The van der Waals surface area contributed by atoms with Crippen LogP contribution in [0.4, 0.5) is 4.39 Å². The highest BCUT2D eigenvalue weighted by molar-refractivity contribution is 5.88. The molecule has 0 unspecified atom stereocenters. The second-order valence-corrected chi connectivity index (χ2v) is 7.99. The van der Waals surface area contributed by atoms with E-state index < -0.39 is 5.54 Å². The monoisotopic (exact) mass is 433 g/mol. The molecule has 1 aromatic heterocycles. The van der Waals surface area contributed by atoms with Gasteiger partial charge in [-0.1, -0.05) is 6.92 Å². The normalized spacial score (nSPS) is 23.1. The Morgan fingerprint density at radius 1 is 1.27 bits per heavy atom. The maximum Gasteiger partial charge on any atom is 0.242 e. The summed E-state index contributed by atoms with van der Waals surface area (Å²) in [7, 11) is 1.85. The molecule has 2 fully saturated rings. The summed E-state index contributed by atoms with van der Waals surface area (Å²) in [5.41, 5.74) is 2.75. The van der Waals surface area contributed by atoms with Crippen molar-refractivity contribution in [3.63, 3.8) is 0 Å². The molecule has 2 aliphatic heterocycles. The number of carbonyl (C=O) groups excluding carboxylic acids is 1. The molecule has 2 aromatic rings. The minimum absolute atomic E-state index is 0. The molecule has 162 valence electrons. The Morgan fingerprint density at radius 3 is 2.73 bits per heavy atom. The topological polar surface area (TPSA) is 54.5 Å². The molecule has 0 saturated carbocycles. The van der Waals surface area contributed by atoms with Gasteiger partial charge < -0.3 is 9.64 Å². The van der Waals surface area contributed by atoms with E-state index in [0.29, 0.717) is 17.9 Å². The summed E-state index contributed by atoms with van der Waals surface area (Å²) >= 11 is 0. The third-order valence-corrected chi connectivity index (χ3v) is 6.22. The zero-order valence-corrected chi connectivity index (χ0v) is 18.5. The van der Waals surface area contributed by atoms with Gasteiger partial charge in [0.05, 0.1) is 18.3 Å². The van der Waals surface area contributed by atoms with Crippen LogP contribution in [0.1, 0.15) is 50.4 Å². The molecule has 30 heavy (non-hydrogen) atoms. The van der Waals surface area contributed by atoms with Crippen LogP contribution >= 0.6 is 12.4 Å². The van der Waals surface area contributed by atoms with Gasteiger partial charge in [-0.05, 0) is 68.0 Å². The highest BCUT2D eigenvalue weighted by Gasteiger charge is 2.50. The molecule has 7 heteroatoms. The molecule has 2 atom stereocenters. The predicted octanol–water partition coefficient (Wildman–Crippen LogP) is 4.30. The summed E-state index contributed by atoms with van der Waals surface area (Å²) in [6.45, 7) is 5.26. The number of halogens is 2. The second-order valence-electron chi connectivity index (χ2n) is 7.99. The van der Waals surface area contributed by atoms with Crippen molar-refractivity contribution in [2.45, 2.75) is 51.1 Å². The van der Waals surface area contributed by atoms with Gasteiger partial charge in [-0.2, -0.15) is 0 Å². The first-order chi connectivity index (χ1) is 14.0. The van der Waals surface area contributed by atoms with Crippen LogP contribution in [0.5, 0.6) is 5.75 Å². The summed E-state index contributed by atoms with van der Waals surface area (Å²) in [5, 5.41) is 3.55. The average Bonchev–Trinajstić information content (AvgIpc) is 3.29. The van der Waals surface area contributed by atoms with E-state index >= 15 is 0 Å². The Kier molecular flexibility index (Phi) is 6.68. The molecular weight excluding hydrogens is 405 g/mol. The Hall–Kier alpha value is -2.18. The van der Waals surface area contributed by atoms with Gasteiger partial charge in [-0.3, -0.25) is 15.1 Å². The fourth-order valence-electron chi connectivity index (χ4n) is 4.58. The van der Waals surface area contributed by atoms with Gasteiger partial charge in [0.15, 0.2) is 0 Å². The van der Waals surface area contributed by atoms with Crippen LogP contribution in [-0.2, 0) is 11.2 Å². The van der Waals surface area contributed by atoms with Gasteiger partial charge in [-0.25, -0.2) is 4.39 Å². The first kappa shape index (κ1) is 22.5. The number of benzene rings is 1. The molecule has 0 bridgehead atoms. The van der Waals surface area contributed by atoms with Crippen LogP contribution < -0.4 is 10.1 Å². The van der Waals surface area contributed by atoms with Crippen LogP contribution in [-0.4, -0.2) is 41.5 Å². The number of likely N-dealkylation sites (N-methyl/N-ethyl adjacent to an activating group) is 1. The van der Waals surface area contributed by atoms with E-state index in [9.17, 15) is 9.18 Å². The molecule has 0 aliphatic carbocycles. The van der Waals surface area contributed by atoms with Crippen LogP contribution in [0.3, 0.4) is 0 Å². The highest BCUT2D eigenvalue weighted by atomic mass is 35.5. The lowest BCUT2D eigenvalue weighted by Crippen LogP contribution is -2.47. The first-order valence-corrected chi connectivity index (χ1v) is 10.4. The average molecular weight is 434 g/mol. The van der Waals surface area contributed by atoms with Gasteiger partial charge in [0.2, 0.25) is 5.91 Å². The minimum atomic E-state index is -0.467. The predicted molar refractivity (Wildman–Crippen MR) is 118 cm³/mol. The maximum atomic E-state index is 14.7. The molecule has 4 rings (SSSR count). The van der Waals surface area contributed by atoms with Crippen molar-refractivity contribution >= 4 is 18.3 Å². The Morgan fingerprint density at radius 2 is 2.07 bits per heavy atom. The smallest absolute Gasteiger partial charge is 0.242 e. The third kappa shape index (κ3) is 3.91. The first-order valence-electron chi connectivity index (χ1n) is 10.4. The second kappa shape index (κ2) is 8.90. The van der Waals surface area contributed by atoms with Crippen molar-refractivity contribution in [3.8, 4) is 16.9 Å².